The molecule has 0 aliphatic carbocycles. The van der Waals surface area contributed by atoms with E-state index in [1.54, 1.807) is 0 Å². The molecule has 0 heterocycles. The SMILES string of the molecule is CS(=O)(=O)CCNC(=O)c1cc(S(N)(=O)=O)cc(Br)c1Cl. The lowest BCUT2D eigenvalue weighted by atomic mass is 10.2. The van der Waals surface area contributed by atoms with Crippen molar-refractivity contribution >= 4 is 53.3 Å². The van der Waals surface area contributed by atoms with Crippen LogP contribution in [-0.4, -0.2) is 41.3 Å². The normalized spacial score (nSPS) is 12.2. The number of sulfonamides is 1. The van der Waals surface area contributed by atoms with Gasteiger partial charge in [0.05, 0.1) is 21.2 Å². The predicted octanol–water partition coefficient (Wildman–Crippen LogP) is 0.524. The van der Waals surface area contributed by atoms with E-state index in [2.05, 4.69) is 21.2 Å². The van der Waals surface area contributed by atoms with Crippen LogP contribution in [0.4, 0.5) is 0 Å². The third-order valence-electron chi connectivity index (χ3n) is 2.33. The maximum absolute atomic E-state index is 11.9. The topological polar surface area (TPSA) is 123 Å². The molecule has 21 heavy (non-hydrogen) atoms. The Morgan fingerprint density at radius 2 is 1.90 bits per heavy atom. The van der Waals surface area contributed by atoms with Gasteiger partial charge in [-0.05, 0) is 28.1 Å². The van der Waals surface area contributed by atoms with Crippen LogP contribution in [0.25, 0.3) is 0 Å². The number of sulfone groups is 1. The highest BCUT2D eigenvalue weighted by Gasteiger charge is 2.19. The fourth-order valence-electron chi connectivity index (χ4n) is 1.34. The number of amides is 1. The summed E-state index contributed by atoms with van der Waals surface area (Å²) in [4.78, 5) is 11.7. The van der Waals surface area contributed by atoms with Gasteiger partial charge in [-0.3, -0.25) is 4.79 Å². The van der Waals surface area contributed by atoms with E-state index in [9.17, 15) is 21.6 Å². The van der Waals surface area contributed by atoms with Gasteiger partial charge in [0, 0.05) is 17.3 Å². The van der Waals surface area contributed by atoms with E-state index in [1.807, 2.05) is 0 Å². The molecule has 11 heteroatoms. The number of benzene rings is 1. The zero-order valence-electron chi connectivity index (χ0n) is 10.8. The molecule has 0 saturated carbocycles. The van der Waals surface area contributed by atoms with Crippen LogP contribution in [0.1, 0.15) is 10.4 Å². The minimum atomic E-state index is -4.01. The predicted molar refractivity (Wildman–Crippen MR) is 82.6 cm³/mol. The van der Waals surface area contributed by atoms with Crippen molar-refractivity contribution in [1.82, 2.24) is 5.32 Å². The second-order valence-electron chi connectivity index (χ2n) is 4.20. The lowest BCUT2D eigenvalue weighted by Crippen LogP contribution is -2.29. The standard InChI is InChI=1S/C10H12BrClN2O5S2/c1-20(16,17)3-2-14-10(15)7-4-6(21(13,18)19)5-8(11)9(7)12/h4-5H,2-3H2,1H3,(H,14,15)(H2,13,18,19). The summed E-state index contributed by atoms with van der Waals surface area (Å²) in [5.74, 6) is -0.943. The Bertz CT molecular complexity index is 777. The molecular weight excluding hydrogens is 408 g/mol. The molecule has 1 aromatic rings. The maximum atomic E-state index is 11.9. The first-order chi connectivity index (χ1) is 9.42. The highest BCUT2D eigenvalue weighted by molar-refractivity contribution is 9.10. The maximum Gasteiger partial charge on any atom is 0.252 e. The minimum Gasteiger partial charge on any atom is -0.351 e. The van der Waals surface area contributed by atoms with Crippen LogP contribution in [-0.2, 0) is 19.9 Å². The van der Waals surface area contributed by atoms with Gasteiger partial charge in [0.15, 0.2) is 0 Å². The van der Waals surface area contributed by atoms with Crippen LogP contribution in [0.3, 0.4) is 0 Å². The van der Waals surface area contributed by atoms with E-state index in [4.69, 9.17) is 16.7 Å². The summed E-state index contributed by atoms with van der Waals surface area (Å²) in [5.41, 5.74) is -0.122. The van der Waals surface area contributed by atoms with Crippen LogP contribution in [0.5, 0.6) is 0 Å². The summed E-state index contributed by atoms with van der Waals surface area (Å²) < 4.78 is 44.8. The van der Waals surface area contributed by atoms with Crippen LogP contribution in [0.2, 0.25) is 5.02 Å². The summed E-state index contributed by atoms with van der Waals surface area (Å²) in [6.45, 7) is -0.120. The van der Waals surface area contributed by atoms with Crippen molar-refractivity contribution in [2.75, 3.05) is 18.6 Å². The summed E-state index contributed by atoms with van der Waals surface area (Å²) in [6.07, 6.45) is 1.03. The third-order valence-corrected chi connectivity index (χ3v) is 5.43. The van der Waals surface area contributed by atoms with Gasteiger partial charge in [0.2, 0.25) is 10.0 Å². The number of rotatable bonds is 5. The number of nitrogens with two attached hydrogens (primary N) is 1. The molecule has 3 N–H and O–H groups in total. The smallest absolute Gasteiger partial charge is 0.252 e. The highest BCUT2D eigenvalue weighted by Crippen LogP contribution is 2.29. The zero-order valence-corrected chi connectivity index (χ0v) is 14.7. The van der Waals surface area contributed by atoms with Gasteiger partial charge in [-0.25, -0.2) is 22.0 Å². The molecule has 0 fully saturated rings. The molecule has 1 rings (SSSR count). The molecular formula is C10H12BrClN2O5S2. The number of hydrogen-bond acceptors (Lipinski definition) is 5. The number of nitrogens with one attached hydrogen (secondary N) is 1. The van der Waals surface area contributed by atoms with Crippen molar-refractivity contribution < 1.29 is 21.6 Å². The van der Waals surface area contributed by atoms with Crippen LogP contribution in [0.15, 0.2) is 21.5 Å². The van der Waals surface area contributed by atoms with Crippen LogP contribution in [0, 0.1) is 0 Å². The molecule has 0 unspecified atom stereocenters. The highest BCUT2D eigenvalue weighted by atomic mass is 79.9. The fourth-order valence-corrected chi connectivity index (χ4v) is 3.18. The van der Waals surface area contributed by atoms with Crippen molar-refractivity contribution in [2.24, 2.45) is 5.14 Å². The lowest BCUT2D eigenvalue weighted by molar-refractivity contribution is 0.0956. The lowest BCUT2D eigenvalue weighted by Gasteiger charge is -2.09. The molecule has 0 saturated heterocycles. The van der Waals surface area contributed by atoms with Gasteiger partial charge >= 0.3 is 0 Å². The third kappa shape index (κ3) is 5.55. The summed E-state index contributed by atoms with van der Waals surface area (Å²) in [5, 5.41) is 7.34. The monoisotopic (exact) mass is 418 g/mol. The van der Waals surface area contributed by atoms with Crippen molar-refractivity contribution in [3.8, 4) is 0 Å². The van der Waals surface area contributed by atoms with Crippen molar-refractivity contribution in [3.05, 3.63) is 27.2 Å². The zero-order chi connectivity index (χ0) is 16.4. The van der Waals surface area contributed by atoms with Crippen molar-refractivity contribution in [1.29, 1.82) is 0 Å². The van der Waals surface area contributed by atoms with Crippen LogP contribution < -0.4 is 10.5 Å². The van der Waals surface area contributed by atoms with Gasteiger partial charge in [0.25, 0.3) is 5.91 Å². The summed E-state index contributed by atoms with van der Waals surface area (Å²) in [7, 11) is -7.23. The molecule has 0 radical (unpaired) electrons. The fraction of sp³-hybridized carbons (Fsp3) is 0.300. The number of primary sulfonamides is 1. The Labute approximate surface area is 135 Å². The first kappa shape index (κ1) is 18.4. The van der Waals surface area contributed by atoms with E-state index in [0.29, 0.717) is 0 Å². The number of hydrogen-bond donors (Lipinski definition) is 2. The Balaban J connectivity index is 3.07. The second kappa shape index (κ2) is 6.61. The van der Waals surface area contributed by atoms with Gasteiger partial charge in [0.1, 0.15) is 9.84 Å². The molecule has 0 atom stereocenters. The van der Waals surface area contributed by atoms with E-state index < -0.39 is 25.8 Å². The Kier molecular flexibility index (Phi) is 5.78. The summed E-state index contributed by atoms with van der Waals surface area (Å²) >= 11 is 8.95. The largest absolute Gasteiger partial charge is 0.351 e. The van der Waals surface area contributed by atoms with Gasteiger partial charge < -0.3 is 5.32 Å². The van der Waals surface area contributed by atoms with E-state index in [0.717, 1.165) is 12.3 Å². The molecule has 118 valence electrons. The minimum absolute atomic E-state index is 0.000689. The van der Waals surface area contributed by atoms with E-state index >= 15 is 0 Å². The number of carbonyl (C=O) groups is 1. The average Bonchev–Trinajstić information content (AvgIpc) is 2.29. The Morgan fingerprint density at radius 3 is 2.38 bits per heavy atom. The Hall–Kier alpha value is -0.680. The molecule has 7 nitrogen and oxygen atoms in total. The van der Waals surface area contributed by atoms with Gasteiger partial charge in [-0.2, -0.15) is 0 Å². The first-order valence-electron chi connectivity index (χ1n) is 5.39. The molecule has 0 aliphatic heterocycles. The van der Waals surface area contributed by atoms with Crippen molar-refractivity contribution in [2.45, 2.75) is 4.90 Å². The first-order valence-corrected chi connectivity index (χ1v) is 10.2. The molecule has 0 aliphatic rings. The number of carbonyl (C=O) groups excluding carboxylic acids is 1. The van der Waals surface area contributed by atoms with Crippen molar-refractivity contribution in [3.63, 3.8) is 0 Å². The molecule has 0 bridgehead atoms. The molecule has 0 spiro atoms. The average molecular weight is 420 g/mol. The van der Waals surface area contributed by atoms with E-state index in [-0.39, 0.29) is 32.3 Å². The Morgan fingerprint density at radius 1 is 1.33 bits per heavy atom. The van der Waals surface area contributed by atoms with Crippen LogP contribution >= 0.6 is 27.5 Å². The quantitative estimate of drug-likeness (QED) is 0.720. The molecule has 1 aromatic carbocycles. The number of halogens is 2. The molecule has 0 aromatic heterocycles. The van der Waals surface area contributed by atoms with Gasteiger partial charge in [-0.1, -0.05) is 11.6 Å². The molecule has 1 amide bonds. The van der Waals surface area contributed by atoms with E-state index in [1.165, 1.54) is 6.07 Å². The summed E-state index contributed by atoms with van der Waals surface area (Å²) in [6, 6.07) is 2.20. The van der Waals surface area contributed by atoms with Gasteiger partial charge in [-0.15, -0.1) is 0 Å². The second-order valence-corrected chi connectivity index (χ2v) is 9.25.